The molecule has 0 amide bonds. The number of hydrogen-bond donors (Lipinski definition) is 1. The number of piperidine rings is 1. The molecule has 1 aliphatic heterocycles. The van der Waals surface area contributed by atoms with Gasteiger partial charge in [-0.2, -0.15) is 0 Å². The molecule has 0 aromatic rings. The third-order valence-electron chi connectivity index (χ3n) is 4.55. The van der Waals surface area contributed by atoms with Gasteiger partial charge in [0, 0.05) is 25.7 Å². The fraction of sp³-hybridized carbons (Fsp3) is 1.00. The van der Waals surface area contributed by atoms with E-state index in [0.717, 1.165) is 12.0 Å². The van der Waals surface area contributed by atoms with Crippen molar-refractivity contribution in [1.29, 1.82) is 0 Å². The summed E-state index contributed by atoms with van der Waals surface area (Å²) < 4.78 is 0. The normalized spacial score (nSPS) is 24.2. The van der Waals surface area contributed by atoms with Crippen LogP contribution in [0.5, 0.6) is 0 Å². The quantitative estimate of drug-likeness (QED) is 0.778. The maximum atomic E-state index is 3.72. The third-order valence-corrected chi connectivity index (χ3v) is 4.55. The Morgan fingerprint density at radius 3 is 2.33 bits per heavy atom. The molecular weight excluding hydrogens is 222 g/mol. The average molecular weight is 253 g/mol. The fourth-order valence-corrected chi connectivity index (χ4v) is 3.47. The highest BCUT2D eigenvalue weighted by Gasteiger charge is 2.20. The summed E-state index contributed by atoms with van der Waals surface area (Å²) in [5.74, 6) is 0.930. The maximum absolute atomic E-state index is 3.72. The molecule has 0 radical (unpaired) electrons. The molecule has 0 unspecified atom stereocenters. The van der Waals surface area contributed by atoms with Crippen molar-refractivity contribution in [2.45, 2.75) is 44.6 Å². The Labute approximate surface area is 113 Å². The SMILES string of the molecule is CN(C)CC1CCN(CCNC2CCCC2)CC1. The Balaban J connectivity index is 1.53. The van der Waals surface area contributed by atoms with E-state index in [9.17, 15) is 0 Å². The van der Waals surface area contributed by atoms with Crippen LogP contribution >= 0.6 is 0 Å². The summed E-state index contributed by atoms with van der Waals surface area (Å²) in [5.41, 5.74) is 0. The molecule has 0 bridgehead atoms. The first-order valence-corrected chi connectivity index (χ1v) is 7.84. The maximum Gasteiger partial charge on any atom is 0.0107 e. The monoisotopic (exact) mass is 253 g/mol. The first kappa shape index (κ1) is 14.3. The van der Waals surface area contributed by atoms with Gasteiger partial charge in [-0.1, -0.05) is 12.8 Å². The van der Waals surface area contributed by atoms with Gasteiger partial charge in [-0.05, 0) is 58.8 Å². The number of nitrogens with zero attached hydrogens (tertiary/aromatic N) is 2. The van der Waals surface area contributed by atoms with Gasteiger partial charge in [0.1, 0.15) is 0 Å². The average Bonchev–Trinajstić information content (AvgIpc) is 2.84. The van der Waals surface area contributed by atoms with Crippen molar-refractivity contribution in [3.63, 3.8) is 0 Å². The smallest absolute Gasteiger partial charge is 0.0107 e. The second-order valence-electron chi connectivity index (χ2n) is 6.48. The van der Waals surface area contributed by atoms with Gasteiger partial charge < -0.3 is 15.1 Å². The summed E-state index contributed by atoms with van der Waals surface area (Å²) in [5, 5.41) is 3.72. The van der Waals surface area contributed by atoms with Crippen LogP contribution in [0.1, 0.15) is 38.5 Å². The number of rotatable bonds is 6. The summed E-state index contributed by atoms with van der Waals surface area (Å²) in [7, 11) is 4.38. The number of nitrogens with one attached hydrogen (secondary N) is 1. The molecule has 3 nitrogen and oxygen atoms in total. The van der Waals surface area contributed by atoms with Crippen LogP contribution in [0.25, 0.3) is 0 Å². The van der Waals surface area contributed by atoms with E-state index in [-0.39, 0.29) is 0 Å². The van der Waals surface area contributed by atoms with Crippen LogP contribution < -0.4 is 5.32 Å². The minimum Gasteiger partial charge on any atom is -0.313 e. The highest BCUT2D eigenvalue weighted by molar-refractivity contribution is 4.77. The van der Waals surface area contributed by atoms with Crippen molar-refractivity contribution in [1.82, 2.24) is 15.1 Å². The molecule has 0 aromatic carbocycles. The lowest BCUT2D eigenvalue weighted by Crippen LogP contribution is -2.41. The first-order chi connectivity index (χ1) is 8.74. The first-order valence-electron chi connectivity index (χ1n) is 7.84. The van der Waals surface area contributed by atoms with Crippen LogP contribution in [-0.2, 0) is 0 Å². The molecule has 0 aromatic heterocycles. The molecule has 2 rings (SSSR count). The standard InChI is InChI=1S/C15H31N3/c1-17(2)13-14-7-10-18(11-8-14)12-9-16-15-5-3-4-6-15/h14-16H,3-13H2,1-2H3. The van der Waals surface area contributed by atoms with Gasteiger partial charge in [-0.3, -0.25) is 0 Å². The van der Waals surface area contributed by atoms with E-state index in [1.54, 1.807) is 0 Å². The minimum absolute atomic E-state index is 0.830. The molecule has 1 aliphatic carbocycles. The van der Waals surface area contributed by atoms with Gasteiger partial charge in [0.25, 0.3) is 0 Å². The highest BCUT2D eigenvalue weighted by Crippen LogP contribution is 2.18. The van der Waals surface area contributed by atoms with Gasteiger partial charge >= 0.3 is 0 Å². The number of hydrogen-bond acceptors (Lipinski definition) is 3. The molecule has 106 valence electrons. The van der Waals surface area contributed by atoms with Crippen molar-refractivity contribution >= 4 is 0 Å². The molecule has 1 heterocycles. The Hall–Kier alpha value is -0.120. The molecule has 0 spiro atoms. The van der Waals surface area contributed by atoms with Crippen LogP contribution in [0.15, 0.2) is 0 Å². The van der Waals surface area contributed by atoms with E-state index in [4.69, 9.17) is 0 Å². The fourth-order valence-electron chi connectivity index (χ4n) is 3.47. The molecule has 2 fully saturated rings. The molecular formula is C15H31N3. The Bertz CT molecular complexity index is 216. The predicted molar refractivity (Wildman–Crippen MR) is 78.0 cm³/mol. The minimum atomic E-state index is 0.830. The predicted octanol–water partition coefficient (Wildman–Crippen LogP) is 1.79. The second kappa shape index (κ2) is 7.46. The third kappa shape index (κ3) is 4.87. The van der Waals surface area contributed by atoms with Crippen molar-refractivity contribution in [2.75, 3.05) is 46.8 Å². The molecule has 18 heavy (non-hydrogen) atoms. The van der Waals surface area contributed by atoms with Crippen LogP contribution in [0.4, 0.5) is 0 Å². The summed E-state index contributed by atoms with van der Waals surface area (Å²) in [4.78, 5) is 4.98. The largest absolute Gasteiger partial charge is 0.313 e. The zero-order valence-corrected chi connectivity index (χ0v) is 12.3. The molecule has 3 heteroatoms. The van der Waals surface area contributed by atoms with Gasteiger partial charge in [-0.25, -0.2) is 0 Å². The van der Waals surface area contributed by atoms with Crippen LogP contribution in [0, 0.1) is 5.92 Å². The summed E-state index contributed by atoms with van der Waals surface area (Å²) in [6.07, 6.45) is 8.47. The number of likely N-dealkylation sites (tertiary alicyclic amines) is 1. The van der Waals surface area contributed by atoms with Crippen LogP contribution in [-0.4, -0.2) is 62.7 Å². The zero-order chi connectivity index (χ0) is 12.8. The van der Waals surface area contributed by atoms with E-state index >= 15 is 0 Å². The highest BCUT2D eigenvalue weighted by atomic mass is 15.1. The van der Waals surface area contributed by atoms with Gasteiger partial charge in [0.05, 0.1) is 0 Å². The van der Waals surface area contributed by atoms with Crippen molar-refractivity contribution < 1.29 is 0 Å². The molecule has 1 saturated heterocycles. The van der Waals surface area contributed by atoms with E-state index in [2.05, 4.69) is 29.2 Å². The molecule has 2 aliphatic rings. The Kier molecular flexibility index (Phi) is 5.93. The van der Waals surface area contributed by atoms with Crippen molar-refractivity contribution in [3.05, 3.63) is 0 Å². The van der Waals surface area contributed by atoms with E-state index in [0.29, 0.717) is 0 Å². The Morgan fingerprint density at radius 1 is 1.06 bits per heavy atom. The lowest BCUT2D eigenvalue weighted by Gasteiger charge is -2.33. The Morgan fingerprint density at radius 2 is 1.72 bits per heavy atom. The van der Waals surface area contributed by atoms with Gasteiger partial charge in [0.2, 0.25) is 0 Å². The lowest BCUT2D eigenvalue weighted by molar-refractivity contribution is 0.162. The summed E-state index contributed by atoms with van der Waals surface area (Å²) in [6, 6.07) is 0.830. The van der Waals surface area contributed by atoms with E-state index in [1.165, 1.54) is 71.2 Å². The van der Waals surface area contributed by atoms with Gasteiger partial charge in [-0.15, -0.1) is 0 Å². The molecule has 1 N–H and O–H groups in total. The summed E-state index contributed by atoms with van der Waals surface area (Å²) >= 11 is 0. The van der Waals surface area contributed by atoms with Crippen LogP contribution in [0.2, 0.25) is 0 Å². The summed E-state index contributed by atoms with van der Waals surface area (Å²) in [6.45, 7) is 6.35. The second-order valence-corrected chi connectivity index (χ2v) is 6.48. The molecule has 1 saturated carbocycles. The zero-order valence-electron chi connectivity index (χ0n) is 12.3. The topological polar surface area (TPSA) is 18.5 Å². The molecule has 0 atom stereocenters. The van der Waals surface area contributed by atoms with Crippen molar-refractivity contribution in [2.24, 2.45) is 5.92 Å². The van der Waals surface area contributed by atoms with Crippen molar-refractivity contribution in [3.8, 4) is 0 Å². The van der Waals surface area contributed by atoms with Gasteiger partial charge in [0.15, 0.2) is 0 Å². The van der Waals surface area contributed by atoms with E-state index in [1.807, 2.05) is 0 Å². The van der Waals surface area contributed by atoms with Crippen LogP contribution in [0.3, 0.4) is 0 Å². The lowest BCUT2D eigenvalue weighted by atomic mass is 9.96. The van der Waals surface area contributed by atoms with E-state index < -0.39 is 0 Å².